The molecule has 2 aromatic heterocycles. The molecule has 1 aliphatic rings. The van der Waals surface area contributed by atoms with Crippen LogP contribution in [0.2, 0.25) is 4.34 Å². The Hall–Kier alpha value is -1.33. The van der Waals surface area contributed by atoms with Crippen molar-refractivity contribution < 1.29 is 4.79 Å². The third-order valence-electron chi connectivity index (χ3n) is 3.42. The smallest absolute Gasteiger partial charge is 0.275 e. The SMILES string of the molecule is CC(C)n1cnc2c1C(c1ccc(Cl)s1)N(C)C2=O. The molecule has 2 aromatic rings. The summed E-state index contributed by atoms with van der Waals surface area (Å²) in [4.78, 5) is 19.3. The maximum Gasteiger partial charge on any atom is 0.275 e. The van der Waals surface area contributed by atoms with Crippen molar-refractivity contribution in [1.82, 2.24) is 14.5 Å². The molecule has 1 amide bonds. The number of nitrogens with zero attached hydrogens (tertiary/aromatic N) is 3. The van der Waals surface area contributed by atoms with Gasteiger partial charge in [-0.15, -0.1) is 11.3 Å². The van der Waals surface area contributed by atoms with Crippen LogP contribution in [-0.2, 0) is 0 Å². The van der Waals surface area contributed by atoms with E-state index in [0.717, 1.165) is 14.9 Å². The first-order valence-corrected chi connectivity index (χ1v) is 7.29. The predicted octanol–water partition coefficient (Wildman–Crippen LogP) is 3.35. The molecular formula is C13H14ClN3OS. The zero-order chi connectivity index (χ0) is 13.7. The van der Waals surface area contributed by atoms with E-state index in [1.54, 1.807) is 11.2 Å². The van der Waals surface area contributed by atoms with Gasteiger partial charge in [0, 0.05) is 18.0 Å². The maximum atomic E-state index is 12.2. The van der Waals surface area contributed by atoms with Crippen molar-refractivity contribution >= 4 is 28.8 Å². The molecule has 0 radical (unpaired) electrons. The van der Waals surface area contributed by atoms with E-state index in [1.165, 1.54) is 11.3 Å². The Morgan fingerprint density at radius 3 is 2.74 bits per heavy atom. The van der Waals surface area contributed by atoms with Crippen LogP contribution in [0, 0.1) is 0 Å². The normalized spacial score (nSPS) is 18.5. The molecule has 1 aliphatic heterocycles. The Morgan fingerprint density at radius 1 is 1.42 bits per heavy atom. The summed E-state index contributed by atoms with van der Waals surface area (Å²) in [5.74, 6) is -0.0241. The number of imidazole rings is 1. The summed E-state index contributed by atoms with van der Waals surface area (Å²) in [6.07, 6.45) is 1.75. The van der Waals surface area contributed by atoms with Gasteiger partial charge in [0.1, 0.15) is 6.04 Å². The highest BCUT2D eigenvalue weighted by Crippen LogP contribution is 2.41. The number of aromatic nitrogens is 2. The molecular weight excluding hydrogens is 282 g/mol. The first kappa shape index (κ1) is 12.7. The number of carbonyl (C=O) groups is 1. The zero-order valence-electron chi connectivity index (χ0n) is 10.9. The highest BCUT2D eigenvalue weighted by Gasteiger charge is 2.40. The van der Waals surface area contributed by atoms with E-state index in [1.807, 2.05) is 19.2 Å². The Kier molecular flexibility index (Phi) is 2.91. The lowest BCUT2D eigenvalue weighted by atomic mass is 10.1. The van der Waals surface area contributed by atoms with Gasteiger partial charge in [0.2, 0.25) is 0 Å². The molecule has 4 nitrogen and oxygen atoms in total. The van der Waals surface area contributed by atoms with Crippen LogP contribution in [-0.4, -0.2) is 27.4 Å². The molecule has 0 saturated carbocycles. The van der Waals surface area contributed by atoms with E-state index in [2.05, 4.69) is 23.4 Å². The van der Waals surface area contributed by atoms with Gasteiger partial charge in [-0.25, -0.2) is 4.98 Å². The number of rotatable bonds is 2. The van der Waals surface area contributed by atoms with Crippen molar-refractivity contribution in [3.8, 4) is 0 Å². The molecule has 0 spiro atoms. The number of hydrogen-bond acceptors (Lipinski definition) is 3. The lowest BCUT2D eigenvalue weighted by molar-refractivity contribution is 0.0788. The molecule has 19 heavy (non-hydrogen) atoms. The summed E-state index contributed by atoms with van der Waals surface area (Å²) >= 11 is 7.53. The quantitative estimate of drug-likeness (QED) is 0.852. The fourth-order valence-electron chi connectivity index (χ4n) is 2.49. The van der Waals surface area contributed by atoms with E-state index in [4.69, 9.17) is 11.6 Å². The molecule has 0 aliphatic carbocycles. The number of thiophene rings is 1. The summed E-state index contributed by atoms with van der Waals surface area (Å²) in [6, 6.07) is 4.04. The molecule has 0 bridgehead atoms. The molecule has 0 N–H and O–H groups in total. The van der Waals surface area contributed by atoms with Crippen molar-refractivity contribution in [3.63, 3.8) is 0 Å². The Balaban J connectivity index is 2.17. The minimum atomic E-state index is -0.0788. The standard InChI is InChI=1S/C13H14ClN3OS/c1-7(2)17-6-15-10-12(17)11(16(3)13(10)18)8-4-5-9(14)19-8/h4-7,11H,1-3H3. The maximum absolute atomic E-state index is 12.2. The minimum Gasteiger partial charge on any atom is -0.329 e. The number of hydrogen-bond donors (Lipinski definition) is 0. The van der Waals surface area contributed by atoms with Gasteiger partial charge in [-0.3, -0.25) is 4.79 Å². The Bertz CT molecular complexity index is 646. The largest absolute Gasteiger partial charge is 0.329 e. The number of halogens is 1. The van der Waals surface area contributed by atoms with Gasteiger partial charge in [-0.2, -0.15) is 0 Å². The van der Waals surface area contributed by atoms with Crippen LogP contribution in [0.15, 0.2) is 18.5 Å². The van der Waals surface area contributed by atoms with E-state index in [-0.39, 0.29) is 18.0 Å². The molecule has 100 valence electrons. The second kappa shape index (κ2) is 4.35. The summed E-state index contributed by atoms with van der Waals surface area (Å²) in [6.45, 7) is 4.17. The van der Waals surface area contributed by atoms with Gasteiger partial charge < -0.3 is 9.47 Å². The second-order valence-corrected chi connectivity index (χ2v) is 6.69. The molecule has 0 fully saturated rings. The zero-order valence-corrected chi connectivity index (χ0v) is 12.5. The highest BCUT2D eigenvalue weighted by atomic mass is 35.5. The second-order valence-electron chi connectivity index (χ2n) is 4.94. The van der Waals surface area contributed by atoms with Gasteiger partial charge >= 0.3 is 0 Å². The third kappa shape index (κ3) is 1.80. The van der Waals surface area contributed by atoms with Crippen LogP contribution in [0.4, 0.5) is 0 Å². The minimum absolute atomic E-state index is 0.0241. The van der Waals surface area contributed by atoms with Crippen molar-refractivity contribution in [2.45, 2.75) is 25.9 Å². The fourth-order valence-corrected chi connectivity index (χ4v) is 3.70. The first-order chi connectivity index (χ1) is 9.00. The van der Waals surface area contributed by atoms with Crippen LogP contribution in [0.5, 0.6) is 0 Å². The van der Waals surface area contributed by atoms with E-state index < -0.39 is 0 Å². The van der Waals surface area contributed by atoms with E-state index in [0.29, 0.717) is 5.69 Å². The molecule has 3 rings (SSSR count). The van der Waals surface area contributed by atoms with Gasteiger partial charge in [0.05, 0.1) is 16.4 Å². The molecule has 0 aromatic carbocycles. The van der Waals surface area contributed by atoms with E-state index in [9.17, 15) is 4.79 Å². The lowest BCUT2D eigenvalue weighted by Gasteiger charge is -2.22. The Morgan fingerprint density at radius 2 is 2.16 bits per heavy atom. The van der Waals surface area contributed by atoms with Crippen LogP contribution in [0.25, 0.3) is 0 Å². The van der Waals surface area contributed by atoms with Crippen LogP contribution < -0.4 is 0 Å². The molecule has 1 atom stereocenters. The third-order valence-corrected chi connectivity index (χ3v) is 4.70. The summed E-state index contributed by atoms with van der Waals surface area (Å²) in [7, 11) is 1.81. The lowest BCUT2D eigenvalue weighted by Crippen LogP contribution is -2.25. The van der Waals surface area contributed by atoms with Crippen molar-refractivity contribution in [2.75, 3.05) is 7.05 Å². The number of fused-ring (bicyclic) bond motifs is 1. The van der Waals surface area contributed by atoms with Crippen LogP contribution >= 0.6 is 22.9 Å². The van der Waals surface area contributed by atoms with Crippen molar-refractivity contribution in [1.29, 1.82) is 0 Å². The average Bonchev–Trinajstić information content (AvgIpc) is 3.00. The highest BCUT2D eigenvalue weighted by molar-refractivity contribution is 7.16. The molecule has 0 saturated heterocycles. The molecule has 6 heteroatoms. The van der Waals surface area contributed by atoms with E-state index >= 15 is 0 Å². The van der Waals surface area contributed by atoms with Crippen LogP contribution in [0.3, 0.4) is 0 Å². The van der Waals surface area contributed by atoms with Gasteiger partial charge in [-0.1, -0.05) is 11.6 Å². The van der Waals surface area contributed by atoms with Gasteiger partial charge in [-0.05, 0) is 26.0 Å². The average molecular weight is 296 g/mol. The van der Waals surface area contributed by atoms with Crippen molar-refractivity contribution in [2.24, 2.45) is 0 Å². The molecule has 3 heterocycles. The number of amides is 1. The summed E-state index contributed by atoms with van der Waals surface area (Å²) in [5.41, 5.74) is 1.53. The summed E-state index contributed by atoms with van der Waals surface area (Å²) in [5, 5.41) is 0. The molecule has 1 unspecified atom stereocenters. The van der Waals surface area contributed by atoms with Crippen LogP contribution in [0.1, 0.15) is 47.0 Å². The Labute approximate surface area is 120 Å². The predicted molar refractivity (Wildman–Crippen MR) is 75.9 cm³/mol. The monoisotopic (exact) mass is 295 g/mol. The van der Waals surface area contributed by atoms with Gasteiger partial charge in [0.15, 0.2) is 5.69 Å². The summed E-state index contributed by atoms with van der Waals surface area (Å²) < 4.78 is 2.80. The van der Waals surface area contributed by atoms with Gasteiger partial charge in [0.25, 0.3) is 5.91 Å². The topological polar surface area (TPSA) is 38.1 Å². The first-order valence-electron chi connectivity index (χ1n) is 6.09. The van der Waals surface area contributed by atoms with Crippen molar-refractivity contribution in [3.05, 3.63) is 39.1 Å². The number of carbonyl (C=O) groups excluding carboxylic acids is 1. The fraction of sp³-hybridized carbons (Fsp3) is 0.385.